The predicted octanol–water partition coefficient (Wildman–Crippen LogP) is 4.00. The van der Waals surface area contributed by atoms with Crippen molar-refractivity contribution in [2.24, 2.45) is 7.05 Å². The lowest BCUT2D eigenvalue weighted by Gasteiger charge is -2.46. The number of aryl methyl sites for hydroxylation is 1. The number of rotatable bonds is 3. The van der Waals surface area contributed by atoms with Crippen LogP contribution in [0.15, 0.2) is 59.4 Å². The number of fused-ring (bicyclic) bond motifs is 1. The Kier molecular flexibility index (Phi) is 4.92. The van der Waals surface area contributed by atoms with E-state index in [0.717, 1.165) is 27.7 Å². The summed E-state index contributed by atoms with van der Waals surface area (Å²) in [6.45, 7) is 7.89. The maximum atomic E-state index is 13.6. The van der Waals surface area contributed by atoms with Gasteiger partial charge in [0.15, 0.2) is 0 Å². The minimum absolute atomic E-state index is 0.197. The summed E-state index contributed by atoms with van der Waals surface area (Å²) in [5.41, 5.74) is 4.34. The first-order valence-electron chi connectivity index (χ1n) is 11.4. The van der Waals surface area contributed by atoms with E-state index < -0.39 is 29.6 Å². The van der Waals surface area contributed by atoms with Crippen LogP contribution in [0.25, 0.3) is 22.2 Å². The highest BCUT2D eigenvalue weighted by Crippen LogP contribution is 2.51. The molecule has 1 saturated carbocycles. The number of H-pyrrole nitrogens is 1. The summed E-state index contributed by atoms with van der Waals surface area (Å²) >= 11 is 0. The lowest BCUT2D eigenvalue weighted by atomic mass is 9.62. The Bertz CT molecular complexity index is 1380. The van der Waals surface area contributed by atoms with Gasteiger partial charge in [0.1, 0.15) is 0 Å². The first kappa shape index (κ1) is 21.7. The van der Waals surface area contributed by atoms with Gasteiger partial charge in [-0.15, -0.1) is 0 Å². The zero-order valence-electron chi connectivity index (χ0n) is 19.7. The molecule has 1 aliphatic rings. The van der Waals surface area contributed by atoms with Crippen LogP contribution < -0.4 is 5.56 Å². The Balaban J connectivity index is 1.64. The molecule has 1 aliphatic carbocycles. The number of aliphatic hydroxyl groups excluding tert-OH is 2. The molecular formula is C27H31N3O3. The van der Waals surface area contributed by atoms with Gasteiger partial charge in [-0.1, -0.05) is 48.5 Å². The highest BCUT2D eigenvalue weighted by molar-refractivity contribution is 5.86. The molecule has 0 aliphatic heterocycles. The lowest BCUT2D eigenvalue weighted by Crippen LogP contribution is -2.53. The van der Waals surface area contributed by atoms with E-state index in [0.29, 0.717) is 11.3 Å². The van der Waals surface area contributed by atoms with Crippen LogP contribution in [0.1, 0.15) is 49.4 Å². The van der Waals surface area contributed by atoms with Gasteiger partial charge in [-0.3, -0.25) is 9.89 Å². The van der Waals surface area contributed by atoms with Crippen molar-refractivity contribution >= 4 is 10.9 Å². The van der Waals surface area contributed by atoms with Gasteiger partial charge >= 0.3 is 0 Å². The van der Waals surface area contributed by atoms with Gasteiger partial charge in [-0.05, 0) is 44.9 Å². The van der Waals surface area contributed by atoms with Crippen molar-refractivity contribution in [1.82, 2.24) is 14.3 Å². The van der Waals surface area contributed by atoms with Gasteiger partial charge in [-0.2, -0.15) is 0 Å². The van der Waals surface area contributed by atoms with Gasteiger partial charge in [-0.25, -0.2) is 4.68 Å². The average Bonchev–Trinajstić information content (AvgIpc) is 3.25. The van der Waals surface area contributed by atoms with Gasteiger partial charge in [0, 0.05) is 35.5 Å². The molecule has 2 aromatic heterocycles. The molecular weight excluding hydrogens is 414 g/mol. The molecule has 0 bridgehead atoms. The second-order valence-electron chi connectivity index (χ2n) is 10.2. The van der Waals surface area contributed by atoms with Crippen LogP contribution in [-0.4, -0.2) is 36.8 Å². The first-order chi connectivity index (χ1) is 15.6. The summed E-state index contributed by atoms with van der Waals surface area (Å²) in [6.07, 6.45) is -1.74. The van der Waals surface area contributed by atoms with E-state index in [-0.39, 0.29) is 5.56 Å². The minimum Gasteiger partial charge on any atom is -0.392 e. The van der Waals surface area contributed by atoms with Crippen molar-refractivity contribution in [1.29, 1.82) is 0 Å². The number of aromatic amines is 1. The predicted molar refractivity (Wildman–Crippen MR) is 131 cm³/mol. The third kappa shape index (κ3) is 3.12. The highest BCUT2D eigenvalue weighted by Gasteiger charge is 2.54. The maximum Gasteiger partial charge on any atom is 0.271 e. The fourth-order valence-corrected chi connectivity index (χ4v) is 5.42. The third-order valence-corrected chi connectivity index (χ3v) is 7.25. The van der Waals surface area contributed by atoms with Crippen LogP contribution in [0.5, 0.6) is 0 Å². The van der Waals surface area contributed by atoms with Crippen LogP contribution in [0, 0.1) is 6.92 Å². The summed E-state index contributed by atoms with van der Waals surface area (Å²) in [7, 11) is 2.00. The van der Waals surface area contributed by atoms with E-state index in [4.69, 9.17) is 0 Å². The molecule has 33 heavy (non-hydrogen) atoms. The zero-order chi connectivity index (χ0) is 23.7. The summed E-state index contributed by atoms with van der Waals surface area (Å²) in [5.74, 6) is -1.13. The quantitative estimate of drug-likeness (QED) is 0.446. The molecule has 1 fully saturated rings. The van der Waals surface area contributed by atoms with Gasteiger partial charge < -0.3 is 14.8 Å². The standard InChI is InChI=1S/C27H31N3O3/c1-15-19(17-13-9-10-14-18(17)29(15)5)21-24(31)22(25(21)32)20-23(16-11-7-6-8-12-16)28-30(26(20)33)27(2,3)4/h6-14,21-22,24-25,28,31-32H,1-5H3. The summed E-state index contributed by atoms with van der Waals surface area (Å²) in [6, 6.07) is 17.7. The Morgan fingerprint density at radius 2 is 1.45 bits per heavy atom. The number of aliphatic hydroxyl groups is 2. The average molecular weight is 446 g/mol. The molecule has 0 amide bonds. The molecule has 2 aromatic carbocycles. The molecule has 6 nitrogen and oxygen atoms in total. The van der Waals surface area contributed by atoms with Crippen molar-refractivity contribution in [3.63, 3.8) is 0 Å². The zero-order valence-corrected chi connectivity index (χ0v) is 19.7. The fourth-order valence-electron chi connectivity index (χ4n) is 5.42. The number of nitrogens with one attached hydrogen (secondary N) is 1. The van der Waals surface area contributed by atoms with Crippen molar-refractivity contribution in [3.8, 4) is 11.3 Å². The molecule has 2 unspecified atom stereocenters. The molecule has 2 heterocycles. The molecule has 4 aromatic rings. The molecule has 2 atom stereocenters. The van der Waals surface area contributed by atoms with Crippen molar-refractivity contribution in [2.45, 2.75) is 57.3 Å². The van der Waals surface area contributed by atoms with Crippen molar-refractivity contribution in [3.05, 3.63) is 81.8 Å². The minimum atomic E-state index is -0.871. The number of hydrogen-bond donors (Lipinski definition) is 3. The normalized spacial score (nSPS) is 23.1. The monoisotopic (exact) mass is 445 g/mol. The van der Waals surface area contributed by atoms with E-state index in [1.54, 1.807) is 4.68 Å². The van der Waals surface area contributed by atoms with E-state index in [9.17, 15) is 15.0 Å². The van der Waals surface area contributed by atoms with Crippen molar-refractivity contribution in [2.75, 3.05) is 0 Å². The third-order valence-electron chi connectivity index (χ3n) is 7.25. The fraction of sp³-hybridized carbons (Fsp3) is 0.370. The van der Waals surface area contributed by atoms with Crippen LogP contribution in [0.2, 0.25) is 0 Å². The van der Waals surface area contributed by atoms with E-state index in [2.05, 4.69) is 9.67 Å². The summed E-state index contributed by atoms with van der Waals surface area (Å²) in [5, 5.41) is 27.1. The topological polar surface area (TPSA) is 83.2 Å². The Labute approximate surface area is 193 Å². The molecule has 5 rings (SSSR count). The van der Waals surface area contributed by atoms with Gasteiger partial charge in [0.25, 0.3) is 5.56 Å². The van der Waals surface area contributed by atoms with Gasteiger partial charge in [0.05, 0.1) is 29.0 Å². The molecule has 6 heteroatoms. The number of hydrogen-bond acceptors (Lipinski definition) is 3. The Hall–Kier alpha value is -3.09. The number of nitrogens with zero attached hydrogens (tertiary/aromatic N) is 2. The molecule has 0 spiro atoms. The van der Waals surface area contributed by atoms with Gasteiger partial charge in [0.2, 0.25) is 0 Å². The first-order valence-corrected chi connectivity index (χ1v) is 11.4. The lowest BCUT2D eigenvalue weighted by molar-refractivity contribution is -0.0785. The number of benzene rings is 2. The largest absolute Gasteiger partial charge is 0.392 e. The Morgan fingerprint density at radius 3 is 2.09 bits per heavy atom. The van der Waals surface area contributed by atoms with Crippen LogP contribution in [0.3, 0.4) is 0 Å². The molecule has 172 valence electrons. The second kappa shape index (κ2) is 7.47. The van der Waals surface area contributed by atoms with Crippen LogP contribution in [-0.2, 0) is 12.6 Å². The number of para-hydroxylation sites is 1. The van der Waals surface area contributed by atoms with E-state index >= 15 is 0 Å². The second-order valence-corrected chi connectivity index (χ2v) is 10.2. The summed E-state index contributed by atoms with van der Waals surface area (Å²) < 4.78 is 3.69. The molecule has 3 N–H and O–H groups in total. The Morgan fingerprint density at radius 1 is 0.879 bits per heavy atom. The maximum absolute atomic E-state index is 13.6. The number of aromatic nitrogens is 3. The summed E-state index contributed by atoms with van der Waals surface area (Å²) in [4.78, 5) is 13.6. The molecule has 0 saturated heterocycles. The van der Waals surface area contributed by atoms with Crippen LogP contribution >= 0.6 is 0 Å². The highest BCUT2D eigenvalue weighted by atomic mass is 16.3. The van der Waals surface area contributed by atoms with E-state index in [1.165, 1.54) is 0 Å². The molecule has 0 radical (unpaired) electrons. The van der Waals surface area contributed by atoms with E-state index in [1.807, 2.05) is 89.3 Å². The SMILES string of the molecule is Cc1c(C2C(O)C(c3c(-c4ccccc4)[nH]n(C(C)(C)C)c3=O)C2O)c2ccccc2n1C. The van der Waals surface area contributed by atoms with Crippen LogP contribution in [0.4, 0.5) is 0 Å². The van der Waals surface area contributed by atoms with Crippen molar-refractivity contribution < 1.29 is 10.2 Å². The smallest absolute Gasteiger partial charge is 0.271 e.